The van der Waals surface area contributed by atoms with Gasteiger partial charge in [0.15, 0.2) is 0 Å². The fourth-order valence-electron chi connectivity index (χ4n) is 1.44. The van der Waals surface area contributed by atoms with E-state index in [9.17, 15) is 5.11 Å². The van der Waals surface area contributed by atoms with Gasteiger partial charge in [0.25, 0.3) is 0 Å². The second-order valence-electron chi connectivity index (χ2n) is 3.85. The number of aryl methyl sites for hydroxylation is 2. The van der Waals surface area contributed by atoms with Gasteiger partial charge in [0, 0.05) is 14.2 Å². The van der Waals surface area contributed by atoms with Gasteiger partial charge in [-0.3, -0.25) is 0 Å². The van der Waals surface area contributed by atoms with E-state index in [4.69, 9.17) is 0 Å². The molecule has 72 valence electrons. The molecule has 1 N–H and O–H groups in total. The van der Waals surface area contributed by atoms with Gasteiger partial charge >= 0.3 is 0 Å². The van der Waals surface area contributed by atoms with E-state index in [0.717, 1.165) is 25.7 Å². The van der Waals surface area contributed by atoms with Crippen molar-refractivity contribution in [1.29, 1.82) is 0 Å². The maximum atomic E-state index is 9.68. The number of halogens is 1. The average molecular weight is 261 g/mol. The standard InChI is InChI=1S/C10H13BrOS/c1-7-6-8(11)9(13-7)2-3-10(12)4-5-10/h6,12H,2-5H2,1H3. The average Bonchev–Trinajstić information content (AvgIpc) is 2.69. The SMILES string of the molecule is Cc1cc(Br)c(CCC2(O)CC2)s1. The van der Waals surface area contributed by atoms with Crippen molar-refractivity contribution in [1.82, 2.24) is 0 Å². The summed E-state index contributed by atoms with van der Waals surface area (Å²) in [6.45, 7) is 2.12. The highest BCUT2D eigenvalue weighted by Crippen LogP contribution is 2.40. The molecule has 1 nitrogen and oxygen atoms in total. The fraction of sp³-hybridized carbons (Fsp3) is 0.600. The molecule has 3 heteroatoms. The van der Waals surface area contributed by atoms with Gasteiger partial charge in [-0.25, -0.2) is 0 Å². The Morgan fingerprint density at radius 2 is 2.31 bits per heavy atom. The van der Waals surface area contributed by atoms with Gasteiger partial charge in [-0.1, -0.05) is 0 Å². The summed E-state index contributed by atoms with van der Waals surface area (Å²) in [7, 11) is 0. The Balaban J connectivity index is 1.97. The van der Waals surface area contributed by atoms with Crippen LogP contribution in [0, 0.1) is 6.92 Å². The Labute approximate surface area is 90.9 Å². The summed E-state index contributed by atoms with van der Waals surface area (Å²) in [6, 6.07) is 2.15. The lowest BCUT2D eigenvalue weighted by atomic mass is 10.1. The fourth-order valence-corrected chi connectivity index (χ4v) is 3.30. The summed E-state index contributed by atoms with van der Waals surface area (Å²) in [5.74, 6) is 0. The van der Waals surface area contributed by atoms with Crippen LogP contribution in [0.2, 0.25) is 0 Å². The molecule has 0 aromatic carbocycles. The zero-order chi connectivity index (χ0) is 9.47. The minimum atomic E-state index is -0.308. The predicted octanol–water partition coefficient (Wildman–Crippen LogP) is 3.28. The lowest BCUT2D eigenvalue weighted by Crippen LogP contribution is -2.07. The number of thiophene rings is 1. The maximum absolute atomic E-state index is 9.68. The van der Waals surface area contributed by atoms with Crippen molar-refractivity contribution in [3.05, 3.63) is 20.3 Å². The molecule has 0 spiro atoms. The first kappa shape index (κ1) is 9.69. The maximum Gasteiger partial charge on any atom is 0.0653 e. The van der Waals surface area contributed by atoms with Crippen LogP contribution >= 0.6 is 27.3 Å². The van der Waals surface area contributed by atoms with Crippen LogP contribution in [0.15, 0.2) is 10.5 Å². The Kier molecular flexibility index (Phi) is 2.51. The predicted molar refractivity (Wildman–Crippen MR) is 59.3 cm³/mol. The molecule has 0 unspecified atom stereocenters. The smallest absolute Gasteiger partial charge is 0.0653 e. The molecule has 0 radical (unpaired) electrons. The second kappa shape index (κ2) is 3.37. The molecule has 0 aliphatic heterocycles. The van der Waals surface area contributed by atoms with Crippen LogP contribution in [-0.2, 0) is 6.42 Å². The van der Waals surface area contributed by atoms with Gasteiger partial charge in [-0.15, -0.1) is 11.3 Å². The van der Waals surface area contributed by atoms with Gasteiger partial charge in [0.1, 0.15) is 0 Å². The lowest BCUT2D eigenvalue weighted by molar-refractivity contribution is 0.141. The van der Waals surface area contributed by atoms with E-state index >= 15 is 0 Å². The van der Waals surface area contributed by atoms with E-state index in [2.05, 4.69) is 28.9 Å². The van der Waals surface area contributed by atoms with Crippen molar-refractivity contribution in [2.24, 2.45) is 0 Å². The van der Waals surface area contributed by atoms with E-state index in [-0.39, 0.29) is 5.60 Å². The first-order chi connectivity index (χ1) is 6.09. The highest BCUT2D eigenvalue weighted by atomic mass is 79.9. The zero-order valence-electron chi connectivity index (χ0n) is 7.64. The molecular formula is C10H13BrOS. The molecule has 2 rings (SSSR count). The highest BCUT2D eigenvalue weighted by Gasteiger charge is 2.39. The summed E-state index contributed by atoms with van der Waals surface area (Å²) in [6.07, 6.45) is 3.92. The van der Waals surface area contributed by atoms with Gasteiger partial charge in [-0.2, -0.15) is 0 Å². The molecular weight excluding hydrogens is 248 g/mol. The van der Waals surface area contributed by atoms with Crippen molar-refractivity contribution in [3.63, 3.8) is 0 Å². The molecule has 1 heterocycles. The van der Waals surface area contributed by atoms with Crippen LogP contribution < -0.4 is 0 Å². The zero-order valence-corrected chi connectivity index (χ0v) is 10.0. The molecule has 0 saturated heterocycles. The number of hydrogen-bond donors (Lipinski definition) is 1. The molecule has 0 bridgehead atoms. The van der Waals surface area contributed by atoms with Gasteiger partial charge < -0.3 is 5.11 Å². The first-order valence-corrected chi connectivity index (χ1v) is 6.17. The van der Waals surface area contributed by atoms with Crippen molar-refractivity contribution in [2.75, 3.05) is 0 Å². The molecule has 1 aromatic rings. The third-order valence-electron chi connectivity index (χ3n) is 2.53. The second-order valence-corrected chi connectivity index (χ2v) is 6.05. The number of hydrogen-bond acceptors (Lipinski definition) is 2. The lowest BCUT2D eigenvalue weighted by Gasteiger charge is -2.05. The number of rotatable bonds is 3. The third kappa shape index (κ3) is 2.33. The van der Waals surface area contributed by atoms with Gasteiger partial charge in [0.05, 0.1) is 5.60 Å². The minimum absolute atomic E-state index is 0.308. The van der Waals surface area contributed by atoms with Gasteiger partial charge in [0.2, 0.25) is 0 Å². The first-order valence-electron chi connectivity index (χ1n) is 4.56. The Bertz CT molecular complexity index is 315. The van der Waals surface area contributed by atoms with Crippen LogP contribution in [0.1, 0.15) is 29.0 Å². The summed E-state index contributed by atoms with van der Waals surface area (Å²) in [4.78, 5) is 2.71. The van der Waals surface area contributed by atoms with E-state index in [0.29, 0.717) is 0 Å². The summed E-state index contributed by atoms with van der Waals surface area (Å²) >= 11 is 5.36. The van der Waals surface area contributed by atoms with Crippen molar-refractivity contribution < 1.29 is 5.11 Å². The summed E-state index contributed by atoms with van der Waals surface area (Å²) in [5.41, 5.74) is -0.308. The molecule has 1 aromatic heterocycles. The van der Waals surface area contributed by atoms with Crippen molar-refractivity contribution >= 4 is 27.3 Å². The Hall–Kier alpha value is 0.140. The van der Waals surface area contributed by atoms with E-state index < -0.39 is 0 Å². The van der Waals surface area contributed by atoms with Crippen LogP contribution in [0.4, 0.5) is 0 Å². The van der Waals surface area contributed by atoms with E-state index in [1.165, 1.54) is 14.2 Å². The minimum Gasteiger partial charge on any atom is -0.390 e. The Morgan fingerprint density at radius 1 is 1.62 bits per heavy atom. The van der Waals surface area contributed by atoms with Gasteiger partial charge in [-0.05, 0) is 54.6 Å². The van der Waals surface area contributed by atoms with Crippen LogP contribution in [0.5, 0.6) is 0 Å². The molecule has 0 atom stereocenters. The van der Waals surface area contributed by atoms with Crippen LogP contribution in [0.25, 0.3) is 0 Å². The quantitative estimate of drug-likeness (QED) is 0.885. The van der Waals surface area contributed by atoms with Crippen molar-refractivity contribution in [2.45, 2.75) is 38.2 Å². The number of aliphatic hydroxyl groups is 1. The van der Waals surface area contributed by atoms with Crippen molar-refractivity contribution in [3.8, 4) is 0 Å². The van der Waals surface area contributed by atoms with Crippen LogP contribution in [-0.4, -0.2) is 10.7 Å². The largest absolute Gasteiger partial charge is 0.390 e. The molecule has 0 amide bonds. The van der Waals surface area contributed by atoms with E-state index in [1.54, 1.807) is 0 Å². The molecule has 1 saturated carbocycles. The molecule has 1 aliphatic carbocycles. The normalized spacial score (nSPS) is 19.0. The van der Waals surface area contributed by atoms with Crippen LogP contribution in [0.3, 0.4) is 0 Å². The molecule has 13 heavy (non-hydrogen) atoms. The third-order valence-corrected chi connectivity index (χ3v) is 4.61. The summed E-state index contributed by atoms with van der Waals surface area (Å²) in [5, 5.41) is 9.68. The Morgan fingerprint density at radius 3 is 2.77 bits per heavy atom. The molecule has 1 aliphatic rings. The highest BCUT2D eigenvalue weighted by molar-refractivity contribution is 9.10. The summed E-state index contributed by atoms with van der Waals surface area (Å²) < 4.78 is 1.21. The van der Waals surface area contributed by atoms with E-state index in [1.807, 2.05) is 11.3 Å². The monoisotopic (exact) mass is 260 g/mol. The molecule has 1 fully saturated rings. The topological polar surface area (TPSA) is 20.2 Å².